The molecule has 1 N–H and O–H groups in total. The summed E-state index contributed by atoms with van der Waals surface area (Å²) in [6.45, 7) is 6.21. The summed E-state index contributed by atoms with van der Waals surface area (Å²) in [5.74, 6) is 0.225. The molecule has 2 saturated heterocycles. The van der Waals surface area contributed by atoms with Crippen molar-refractivity contribution in [2.24, 2.45) is 5.92 Å². The molecule has 0 radical (unpaired) electrons. The summed E-state index contributed by atoms with van der Waals surface area (Å²) < 4.78 is 0. The molecule has 2 aromatic carbocycles. The number of carbonyl (C=O) groups excluding carboxylic acids is 3. The van der Waals surface area contributed by atoms with Gasteiger partial charge >= 0.3 is 0 Å². The minimum Gasteiger partial charge on any atom is -0.367 e. The van der Waals surface area contributed by atoms with E-state index in [9.17, 15) is 14.4 Å². The molecular formula is C31H40N4O3. The first-order chi connectivity index (χ1) is 18.5. The van der Waals surface area contributed by atoms with E-state index in [2.05, 4.69) is 17.1 Å². The second-order valence-corrected chi connectivity index (χ2v) is 10.9. The fourth-order valence-corrected chi connectivity index (χ4v) is 5.87. The zero-order chi connectivity index (χ0) is 26.5. The highest BCUT2D eigenvalue weighted by atomic mass is 16.2. The highest BCUT2D eigenvalue weighted by molar-refractivity contribution is 6.02. The van der Waals surface area contributed by atoms with Crippen molar-refractivity contribution in [2.45, 2.75) is 57.8 Å². The number of nitrogens with one attached hydrogen (secondary N) is 1. The Bertz CT molecular complexity index is 1130. The van der Waals surface area contributed by atoms with Crippen LogP contribution in [0.5, 0.6) is 0 Å². The molecular weight excluding hydrogens is 476 g/mol. The van der Waals surface area contributed by atoms with Crippen LogP contribution in [-0.4, -0.2) is 66.8 Å². The van der Waals surface area contributed by atoms with E-state index in [1.165, 1.54) is 0 Å². The lowest BCUT2D eigenvalue weighted by Crippen LogP contribution is -2.50. The summed E-state index contributed by atoms with van der Waals surface area (Å²) in [5, 5.41) is 3.05. The Kier molecular flexibility index (Phi) is 8.30. The topological polar surface area (TPSA) is 73.0 Å². The fourth-order valence-electron chi connectivity index (χ4n) is 5.87. The molecule has 2 aromatic rings. The van der Waals surface area contributed by atoms with Crippen molar-refractivity contribution >= 4 is 29.1 Å². The number of hydrogen-bond donors (Lipinski definition) is 1. The van der Waals surface area contributed by atoms with E-state index < -0.39 is 0 Å². The molecule has 2 heterocycles. The molecule has 7 nitrogen and oxygen atoms in total. The molecule has 3 fully saturated rings. The maximum absolute atomic E-state index is 13.7. The summed E-state index contributed by atoms with van der Waals surface area (Å²) >= 11 is 0. The van der Waals surface area contributed by atoms with Crippen LogP contribution in [0, 0.1) is 5.92 Å². The molecule has 3 amide bonds. The van der Waals surface area contributed by atoms with Crippen molar-refractivity contribution in [1.29, 1.82) is 0 Å². The van der Waals surface area contributed by atoms with Gasteiger partial charge in [0.05, 0.1) is 11.5 Å². The Hall–Kier alpha value is -3.35. The second-order valence-electron chi connectivity index (χ2n) is 10.9. The molecule has 7 heteroatoms. The number of hydrogen-bond acceptors (Lipinski definition) is 4. The van der Waals surface area contributed by atoms with Crippen LogP contribution in [0.1, 0.15) is 73.7 Å². The first-order valence-electron chi connectivity index (χ1n) is 14.4. The van der Waals surface area contributed by atoms with Crippen LogP contribution in [-0.2, 0) is 9.59 Å². The average molecular weight is 517 g/mol. The van der Waals surface area contributed by atoms with Gasteiger partial charge in [0, 0.05) is 56.6 Å². The standard InChI is InChI=1S/C31H40N4O3/c1-2-26(23-10-5-3-6-11-23)30(37)35-20-18-33(19-21-35)28-15-14-25(32-29(36)24-12-9-13-24)22-27(28)31(38)34-16-7-4-8-17-34/h3,5-6,10-11,14-15,22,24,26H,2,4,7-9,12-13,16-21H2,1H3,(H,32,36)/t26-/m1/s1. The van der Waals surface area contributed by atoms with Crippen molar-refractivity contribution in [2.75, 3.05) is 49.5 Å². The highest BCUT2D eigenvalue weighted by Gasteiger charge is 2.30. The summed E-state index contributed by atoms with van der Waals surface area (Å²) in [4.78, 5) is 45.8. The lowest BCUT2D eigenvalue weighted by molar-refractivity contribution is -0.133. The maximum Gasteiger partial charge on any atom is 0.256 e. The van der Waals surface area contributed by atoms with Crippen LogP contribution >= 0.6 is 0 Å². The minimum atomic E-state index is -0.127. The molecule has 0 bridgehead atoms. The normalized spacial score (nSPS) is 19.0. The van der Waals surface area contributed by atoms with E-state index in [4.69, 9.17) is 0 Å². The number of piperazine rings is 1. The van der Waals surface area contributed by atoms with Gasteiger partial charge in [0.25, 0.3) is 5.91 Å². The summed E-state index contributed by atoms with van der Waals surface area (Å²) in [6, 6.07) is 15.8. The Morgan fingerprint density at radius 1 is 0.842 bits per heavy atom. The van der Waals surface area contributed by atoms with E-state index in [0.29, 0.717) is 37.4 Å². The first kappa shape index (κ1) is 26.3. The molecule has 0 spiro atoms. The third kappa shape index (κ3) is 5.71. The van der Waals surface area contributed by atoms with Crippen LogP contribution in [0.2, 0.25) is 0 Å². The predicted octanol–water partition coefficient (Wildman–Crippen LogP) is 4.89. The number of nitrogens with zero attached hydrogens (tertiary/aromatic N) is 3. The molecule has 3 aliphatic rings. The fraction of sp³-hybridized carbons (Fsp3) is 0.516. The zero-order valence-corrected chi connectivity index (χ0v) is 22.5. The zero-order valence-electron chi connectivity index (χ0n) is 22.5. The Morgan fingerprint density at radius 2 is 1.55 bits per heavy atom. The molecule has 5 rings (SSSR count). The second kappa shape index (κ2) is 12.0. The SMILES string of the molecule is CC[C@@H](C(=O)N1CCN(c2ccc(NC(=O)C3CCC3)cc2C(=O)N2CCCCC2)CC1)c1ccccc1. The third-order valence-electron chi connectivity index (χ3n) is 8.45. The average Bonchev–Trinajstić information content (AvgIpc) is 2.93. The Labute approximate surface area is 226 Å². The summed E-state index contributed by atoms with van der Waals surface area (Å²) in [7, 11) is 0. The van der Waals surface area contributed by atoms with Crippen molar-refractivity contribution in [3.8, 4) is 0 Å². The Balaban J connectivity index is 1.31. The van der Waals surface area contributed by atoms with Crippen molar-refractivity contribution in [3.05, 3.63) is 59.7 Å². The van der Waals surface area contributed by atoms with Gasteiger partial charge in [-0.05, 0) is 62.3 Å². The van der Waals surface area contributed by atoms with Gasteiger partial charge in [-0.1, -0.05) is 43.7 Å². The summed E-state index contributed by atoms with van der Waals surface area (Å²) in [6.07, 6.45) is 6.97. The number of likely N-dealkylation sites (tertiary alicyclic amines) is 1. The van der Waals surface area contributed by atoms with Crippen molar-refractivity contribution < 1.29 is 14.4 Å². The molecule has 1 atom stereocenters. The monoisotopic (exact) mass is 516 g/mol. The van der Waals surface area contributed by atoms with E-state index in [1.807, 2.05) is 58.3 Å². The van der Waals surface area contributed by atoms with Gasteiger partial charge in [0.2, 0.25) is 11.8 Å². The highest BCUT2D eigenvalue weighted by Crippen LogP contribution is 2.31. The summed E-state index contributed by atoms with van der Waals surface area (Å²) in [5.41, 5.74) is 3.29. The van der Waals surface area contributed by atoms with Gasteiger partial charge in [-0.25, -0.2) is 0 Å². The number of rotatable bonds is 7. The molecule has 0 unspecified atom stereocenters. The molecule has 202 valence electrons. The number of amides is 3. The van der Waals surface area contributed by atoms with Crippen LogP contribution in [0.4, 0.5) is 11.4 Å². The number of carbonyl (C=O) groups is 3. The maximum atomic E-state index is 13.7. The van der Waals surface area contributed by atoms with Crippen LogP contribution < -0.4 is 10.2 Å². The quantitative estimate of drug-likeness (QED) is 0.569. The Morgan fingerprint density at radius 3 is 2.18 bits per heavy atom. The molecule has 0 aromatic heterocycles. The third-order valence-corrected chi connectivity index (χ3v) is 8.45. The van der Waals surface area contributed by atoms with Gasteiger partial charge in [-0.3, -0.25) is 14.4 Å². The van der Waals surface area contributed by atoms with Crippen LogP contribution in [0.25, 0.3) is 0 Å². The number of piperidine rings is 1. The van der Waals surface area contributed by atoms with E-state index in [-0.39, 0.29) is 29.6 Å². The van der Waals surface area contributed by atoms with Crippen molar-refractivity contribution in [3.63, 3.8) is 0 Å². The van der Waals surface area contributed by atoms with Crippen LogP contribution in [0.15, 0.2) is 48.5 Å². The molecule has 2 aliphatic heterocycles. The predicted molar refractivity (Wildman–Crippen MR) is 150 cm³/mol. The van der Waals surface area contributed by atoms with Gasteiger partial charge in [0.1, 0.15) is 0 Å². The lowest BCUT2D eigenvalue weighted by Gasteiger charge is -2.39. The van der Waals surface area contributed by atoms with Crippen LogP contribution in [0.3, 0.4) is 0 Å². The van der Waals surface area contributed by atoms with Crippen molar-refractivity contribution in [1.82, 2.24) is 9.80 Å². The number of anilines is 2. The molecule has 1 aliphatic carbocycles. The van der Waals surface area contributed by atoms with Gasteiger partial charge in [-0.2, -0.15) is 0 Å². The number of benzene rings is 2. The smallest absolute Gasteiger partial charge is 0.256 e. The van der Waals surface area contributed by atoms with Gasteiger partial charge < -0.3 is 20.0 Å². The minimum absolute atomic E-state index is 0.0353. The van der Waals surface area contributed by atoms with E-state index >= 15 is 0 Å². The van der Waals surface area contributed by atoms with E-state index in [1.54, 1.807) is 0 Å². The molecule has 1 saturated carbocycles. The first-order valence-corrected chi connectivity index (χ1v) is 14.4. The van der Waals surface area contributed by atoms with Gasteiger partial charge in [-0.15, -0.1) is 0 Å². The van der Waals surface area contributed by atoms with Gasteiger partial charge in [0.15, 0.2) is 0 Å². The molecule has 38 heavy (non-hydrogen) atoms. The lowest BCUT2D eigenvalue weighted by atomic mass is 9.85. The van der Waals surface area contributed by atoms with E-state index in [0.717, 1.165) is 69.3 Å². The largest absolute Gasteiger partial charge is 0.367 e.